The number of carbonyl (C=O) groups is 1. The highest BCUT2D eigenvalue weighted by Crippen LogP contribution is 2.41. The molecular formula is C24H28F3NO7S2. The number of carboxylic acid groups (broad SMARTS) is 1. The van der Waals surface area contributed by atoms with Crippen LogP contribution in [-0.4, -0.2) is 50.6 Å². The highest BCUT2D eigenvalue weighted by atomic mass is 32.2. The molecule has 0 aliphatic heterocycles. The SMILES string of the molecule is CN([C@@H]1CCCc2c(OCC(=O)O)cccc21)S(=O)(=O)c1cc(C(F)(F)F)cc(S(=O)(=O)C(C)(C)C)c1. The molecule has 1 aliphatic rings. The minimum Gasteiger partial charge on any atom is -0.482 e. The zero-order valence-corrected chi connectivity index (χ0v) is 22.3. The van der Waals surface area contributed by atoms with E-state index < -0.39 is 64.8 Å². The number of alkyl halides is 3. The number of nitrogens with zero attached hydrogens (tertiary/aromatic N) is 1. The molecule has 13 heteroatoms. The lowest BCUT2D eigenvalue weighted by Gasteiger charge is -2.33. The van der Waals surface area contributed by atoms with E-state index in [-0.39, 0.29) is 5.75 Å². The van der Waals surface area contributed by atoms with Crippen LogP contribution in [0.5, 0.6) is 5.75 Å². The molecule has 2 aromatic rings. The van der Waals surface area contributed by atoms with Crippen LogP contribution in [0.3, 0.4) is 0 Å². The first kappa shape index (κ1) is 28.9. The van der Waals surface area contributed by atoms with Gasteiger partial charge < -0.3 is 9.84 Å². The van der Waals surface area contributed by atoms with Gasteiger partial charge in [-0.25, -0.2) is 21.6 Å². The van der Waals surface area contributed by atoms with Crippen LogP contribution < -0.4 is 4.74 Å². The fourth-order valence-corrected chi connectivity index (χ4v) is 6.95. The molecule has 8 nitrogen and oxygen atoms in total. The third kappa shape index (κ3) is 5.78. The molecule has 2 aromatic carbocycles. The number of sulfone groups is 1. The summed E-state index contributed by atoms with van der Waals surface area (Å²) < 4.78 is 99.0. The average molecular weight is 564 g/mol. The quantitative estimate of drug-likeness (QED) is 0.529. The Morgan fingerprint density at radius 2 is 1.70 bits per heavy atom. The van der Waals surface area contributed by atoms with E-state index in [0.29, 0.717) is 42.5 Å². The van der Waals surface area contributed by atoms with Crippen molar-refractivity contribution >= 4 is 25.8 Å². The second kappa shape index (κ2) is 9.91. The normalized spacial score (nSPS) is 16.9. The summed E-state index contributed by atoms with van der Waals surface area (Å²) in [6, 6.07) is 5.64. The molecule has 0 spiro atoms. The predicted molar refractivity (Wildman–Crippen MR) is 129 cm³/mol. The van der Waals surface area contributed by atoms with Gasteiger partial charge in [0.1, 0.15) is 5.75 Å². The zero-order valence-electron chi connectivity index (χ0n) is 20.7. The van der Waals surface area contributed by atoms with Gasteiger partial charge in [0.2, 0.25) is 10.0 Å². The lowest BCUT2D eigenvalue weighted by Crippen LogP contribution is -2.34. The largest absolute Gasteiger partial charge is 0.482 e. The number of ether oxygens (including phenoxy) is 1. The highest BCUT2D eigenvalue weighted by molar-refractivity contribution is 7.93. The number of rotatable bonds is 7. The fourth-order valence-electron chi connectivity index (χ4n) is 4.17. The Hall–Kier alpha value is -2.64. The Labute approximate surface area is 214 Å². The highest BCUT2D eigenvalue weighted by Gasteiger charge is 2.39. The van der Waals surface area contributed by atoms with Crippen molar-refractivity contribution in [3.8, 4) is 5.75 Å². The summed E-state index contributed by atoms with van der Waals surface area (Å²) >= 11 is 0. The summed E-state index contributed by atoms with van der Waals surface area (Å²) in [5.74, 6) is -0.900. The first-order valence-corrected chi connectivity index (χ1v) is 14.2. The standard InChI is InChI=1S/C24H28F3NO7S2/c1-23(2,3)36(31,32)16-11-15(24(25,26)27)12-17(13-16)37(33,34)28(4)20-9-5-8-19-18(20)7-6-10-21(19)35-14-22(29)30/h6-7,10-13,20H,5,8-9,14H2,1-4H3,(H,29,30)/t20-/m1/s1. The first-order valence-electron chi connectivity index (χ1n) is 11.3. The van der Waals surface area contributed by atoms with Gasteiger partial charge in [0.25, 0.3) is 0 Å². The van der Waals surface area contributed by atoms with Crippen molar-refractivity contribution in [2.75, 3.05) is 13.7 Å². The molecule has 3 rings (SSSR count). The molecule has 0 saturated carbocycles. The summed E-state index contributed by atoms with van der Waals surface area (Å²) in [6.45, 7) is 3.34. The molecule has 1 aliphatic carbocycles. The molecule has 37 heavy (non-hydrogen) atoms. The lowest BCUT2D eigenvalue weighted by molar-refractivity contribution is -0.139. The molecule has 0 radical (unpaired) electrons. The van der Waals surface area contributed by atoms with Crippen molar-refractivity contribution in [2.24, 2.45) is 0 Å². The Balaban J connectivity index is 2.12. The van der Waals surface area contributed by atoms with Crippen LogP contribution >= 0.6 is 0 Å². The van der Waals surface area contributed by atoms with Gasteiger partial charge in [-0.3, -0.25) is 0 Å². The third-order valence-corrected chi connectivity index (χ3v) is 10.5. The Kier molecular flexibility index (Phi) is 7.75. The van der Waals surface area contributed by atoms with Crippen LogP contribution in [0.15, 0.2) is 46.2 Å². The summed E-state index contributed by atoms with van der Waals surface area (Å²) in [5, 5.41) is 8.93. The second-order valence-electron chi connectivity index (χ2n) is 9.74. The zero-order chi connectivity index (χ0) is 28.0. The van der Waals surface area contributed by atoms with E-state index in [9.17, 15) is 34.8 Å². The van der Waals surface area contributed by atoms with E-state index in [2.05, 4.69) is 0 Å². The number of halogens is 3. The minimum absolute atomic E-state index is 0.285. The monoisotopic (exact) mass is 563 g/mol. The number of carboxylic acids is 1. The fraction of sp³-hybridized carbons (Fsp3) is 0.458. The van der Waals surface area contributed by atoms with E-state index in [1.807, 2.05) is 0 Å². The molecule has 0 amide bonds. The van der Waals surface area contributed by atoms with Gasteiger partial charge in [0.15, 0.2) is 16.4 Å². The molecule has 0 saturated heterocycles. The Bertz CT molecular complexity index is 1410. The number of hydrogen-bond donors (Lipinski definition) is 1. The summed E-state index contributed by atoms with van der Waals surface area (Å²) in [6.07, 6.45) is -3.64. The van der Waals surface area contributed by atoms with Gasteiger partial charge in [-0.2, -0.15) is 17.5 Å². The van der Waals surface area contributed by atoms with Crippen LogP contribution in [0.1, 0.15) is 56.3 Å². The van der Waals surface area contributed by atoms with Crippen molar-refractivity contribution in [3.63, 3.8) is 0 Å². The number of sulfonamides is 1. The number of benzene rings is 2. The van der Waals surface area contributed by atoms with Gasteiger partial charge >= 0.3 is 12.1 Å². The Morgan fingerprint density at radius 1 is 1.08 bits per heavy atom. The van der Waals surface area contributed by atoms with Gasteiger partial charge in [-0.15, -0.1) is 0 Å². The van der Waals surface area contributed by atoms with Crippen molar-refractivity contribution < 1.29 is 44.6 Å². The Morgan fingerprint density at radius 3 is 2.27 bits per heavy atom. The van der Waals surface area contributed by atoms with Crippen LogP contribution in [0.25, 0.3) is 0 Å². The van der Waals surface area contributed by atoms with Crippen LogP contribution in [0, 0.1) is 0 Å². The molecule has 0 bridgehead atoms. The molecule has 0 heterocycles. The van der Waals surface area contributed by atoms with Crippen molar-refractivity contribution in [1.29, 1.82) is 0 Å². The van der Waals surface area contributed by atoms with Crippen molar-refractivity contribution in [3.05, 3.63) is 53.1 Å². The van der Waals surface area contributed by atoms with E-state index in [4.69, 9.17) is 9.84 Å². The number of hydrogen-bond acceptors (Lipinski definition) is 6. The summed E-state index contributed by atoms with van der Waals surface area (Å²) in [5.41, 5.74) is -0.241. The lowest BCUT2D eigenvalue weighted by atomic mass is 9.87. The maximum Gasteiger partial charge on any atom is 0.416 e. The van der Waals surface area contributed by atoms with E-state index in [1.165, 1.54) is 27.8 Å². The van der Waals surface area contributed by atoms with E-state index in [0.717, 1.165) is 10.4 Å². The van der Waals surface area contributed by atoms with Gasteiger partial charge in [-0.05, 0) is 75.4 Å². The molecule has 0 unspecified atom stereocenters. The van der Waals surface area contributed by atoms with Crippen LogP contribution in [0.4, 0.5) is 13.2 Å². The number of fused-ring (bicyclic) bond motifs is 1. The molecule has 0 aromatic heterocycles. The maximum absolute atomic E-state index is 13.7. The molecular weight excluding hydrogens is 535 g/mol. The summed E-state index contributed by atoms with van der Waals surface area (Å²) in [7, 11) is -7.68. The smallest absolute Gasteiger partial charge is 0.416 e. The molecule has 1 N–H and O–H groups in total. The number of aliphatic carboxylic acids is 1. The minimum atomic E-state index is -4.99. The van der Waals surface area contributed by atoms with Gasteiger partial charge in [0.05, 0.1) is 26.1 Å². The van der Waals surface area contributed by atoms with E-state index in [1.54, 1.807) is 18.2 Å². The van der Waals surface area contributed by atoms with Crippen LogP contribution in [0.2, 0.25) is 0 Å². The average Bonchev–Trinajstić information content (AvgIpc) is 2.80. The summed E-state index contributed by atoms with van der Waals surface area (Å²) in [4.78, 5) is 9.39. The topological polar surface area (TPSA) is 118 Å². The first-order chi connectivity index (χ1) is 16.9. The van der Waals surface area contributed by atoms with Gasteiger partial charge in [-0.1, -0.05) is 12.1 Å². The second-order valence-corrected chi connectivity index (χ2v) is 14.4. The molecule has 1 atom stereocenters. The van der Waals surface area contributed by atoms with Crippen molar-refractivity contribution in [2.45, 2.75) is 66.8 Å². The van der Waals surface area contributed by atoms with Crippen LogP contribution in [-0.2, 0) is 37.3 Å². The van der Waals surface area contributed by atoms with E-state index >= 15 is 0 Å². The van der Waals surface area contributed by atoms with Crippen molar-refractivity contribution in [1.82, 2.24) is 4.31 Å². The van der Waals surface area contributed by atoms with Gasteiger partial charge in [0, 0.05) is 7.05 Å². The molecule has 204 valence electrons. The third-order valence-electron chi connectivity index (χ3n) is 6.22. The maximum atomic E-state index is 13.7. The molecule has 0 fully saturated rings. The predicted octanol–water partition coefficient (Wildman–Crippen LogP) is 4.44.